The van der Waals surface area contributed by atoms with Gasteiger partial charge in [-0.05, 0) is 52.2 Å². The molecule has 8 nitrogen and oxygen atoms in total. The van der Waals surface area contributed by atoms with Gasteiger partial charge in [0, 0.05) is 17.8 Å². The number of carbonyl (C=O) groups excluding carboxylic acids is 1. The zero-order valence-corrected chi connectivity index (χ0v) is 18.9. The number of anilines is 1. The van der Waals surface area contributed by atoms with Crippen LogP contribution in [-0.2, 0) is 24.2 Å². The second kappa shape index (κ2) is 10.3. The molecule has 29 heavy (non-hydrogen) atoms. The Morgan fingerprint density at radius 2 is 2.07 bits per heavy atom. The molecular weight excluding hydrogens is 408 g/mol. The van der Waals surface area contributed by atoms with E-state index >= 15 is 0 Å². The summed E-state index contributed by atoms with van der Waals surface area (Å²) in [5, 5.41) is 12.5. The van der Waals surface area contributed by atoms with Gasteiger partial charge in [0.05, 0.1) is 5.75 Å². The van der Waals surface area contributed by atoms with Gasteiger partial charge in [-0.3, -0.25) is 14.7 Å². The standard InChI is InChI=1S/C19H28N6O2S2/c1-4-24(5-2)10-7-11-25-15-9-6-8-14(15)17(21-19(25)27)28-12-16(26)20-18-23-22-13(3)29-18/h4-12H2,1-3H3,(H,20,23,26). The third kappa shape index (κ3) is 5.64. The highest BCUT2D eigenvalue weighted by molar-refractivity contribution is 8.00. The van der Waals surface area contributed by atoms with Crippen LogP contribution in [0.3, 0.4) is 0 Å². The van der Waals surface area contributed by atoms with Crippen LogP contribution in [0.2, 0.25) is 0 Å². The smallest absolute Gasteiger partial charge is 0.304 e. The molecule has 0 saturated carbocycles. The Morgan fingerprint density at radius 1 is 1.28 bits per heavy atom. The molecule has 0 atom stereocenters. The third-order valence-electron chi connectivity index (χ3n) is 5.06. The Morgan fingerprint density at radius 3 is 2.76 bits per heavy atom. The van der Waals surface area contributed by atoms with Crippen molar-refractivity contribution >= 4 is 34.1 Å². The van der Waals surface area contributed by atoms with Gasteiger partial charge in [0.25, 0.3) is 0 Å². The number of nitrogens with one attached hydrogen (secondary N) is 1. The lowest BCUT2D eigenvalue weighted by Crippen LogP contribution is -2.30. The van der Waals surface area contributed by atoms with E-state index in [-0.39, 0.29) is 17.3 Å². The van der Waals surface area contributed by atoms with Crippen LogP contribution in [-0.4, -0.2) is 55.9 Å². The van der Waals surface area contributed by atoms with Crippen LogP contribution in [0.5, 0.6) is 0 Å². The molecular formula is C19H28N6O2S2. The fourth-order valence-corrected chi connectivity index (χ4v) is 5.05. The SMILES string of the molecule is CCN(CC)CCCn1c2c(c(SCC(=O)Nc3nnc(C)s3)nc1=O)CCC2. The number of hydrogen-bond donors (Lipinski definition) is 1. The van der Waals surface area contributed by atoms with E-state index in [1.807, 2.05) is 11.5 Å². The van der Waals surface area contributed by atoms with Crippen molar-refractivity contribution in [2.45, 2.75) is 58.0 Å². The predicted molar refractivity (Wildman–Crippen MR) is 117 cm³/mol. The zero-order valence-electron chi connectivity index (χ0n) is 17.2. The van der Waals surface area contributed by atoms with Crippen LogP contribution in [0.1, 0.15) is 43.0 Å². The molecule has 3 rings (SSSR count). The van der Waals surface area contributed by atoms with Gasteiger partial charge in [-0.2, -0.15) is 4.98 Å². The van der Waals surface area contributed by atoms with Crippen LogP contribution in [0, 0.1) is 6.92 Å². The van der Waals surface area contributed by atoms with E-state index in [1.165, 1.54) is 23.1 Å². The lowest BCUT2D eigenvalue weighted by molar-refractivity contribution is -0.113. The van der Waals surface area contributed by atoms with E-state index in [2.05, 4.69) is 39.2 Å². The van der Waals surface area contributed by atoms with Crippen molar-refractivity contribution in [2.24, 2.45) is 0 Å². The van der Waals surface area contributed by atoms with Crippen LogP contribution >= 0.6 is 23.1 Å². The normalized spacial score (nSPS) is 13.1. The highest BCUT2D eigenvalue weighted by atomic mass is 32.2. The van der Waals surface area contributed by atoms with Crippen LogP contribution in [0.25, 0.3) is 0 Å². The van der Waals surface area contributed by atoms with E-state index in [0.717, 1.165) is 61.6 Å². The molecule has 1 N–H and O–H groups in total. The van der Waals surface area contributed by atoms with Gasteiger partial charge in [-0.25, -0.2) is 4.79 Å². The lowest BCUT2D eigenvalue weighted by atomic mass is 10.2. The average molecular weight is 437 g/mol. The fraction of sp³-hybridized carbons (Fsp3) is 0.632. The molecule has 0 unspecified atom stereocenters. The van der Waals surface area contributed by atoms with Gasteiger partial charge in [0.2, 0.25) is 11.0 Å². The highest BCUT2D eigenvalue weighted by Crippen LogP contribution is 2.29. The first kappa shape index (κ1) is 21.9. The first-order valence-corrected chi connectivity index (χ1v) is 11.9. The van der Waals surface area contributed by atoms with Crippen LogP contribution in [0.4, 0.5) is 5.13 Å². The van der Waals surface area contributed by atoms with Crippen molar-refractivity contribution in [3.8, 4) is 0 Å². The van der Waals surface area contributed by atoms with Gasteiger partial charge in [0.15, 0.2) is 0 Å². The summed E-state index contributed by atoms with van der Waals surface area (Å²) in [7, 11) is 0. The first-order valence-electron chi connectivity index (χ1n) is 10.1. The summed E-state index contributed by atoms with van der Waals surface area (Å²) in [5.41, 5.74) is 2.04. The highest BCUT2D eigenvalue weighted by Gasteiger charge is 2.22. The molecule has 10 heteroatoms. The number of fused-ring (bicyclic) bond motifs is 1. The van der Waals surface area contributed by atoms with E-state index in [0.29, 0.717) is 16.7 Å². The van der Waals surface area contributed by atoms with E-state index < -0.39 is 0 Å². The zero-order chi connectivity index (χ0) is 20.8. The van der Waals surface area contributed by atoms with E-state index in [1.54, 1.807) is 0 Å². The molecule has 1 aliphatic carbocycles. The van der Waals surface area contributed by atoms with Crippen molar-refractivity contribution in [3.05, 3.63) is 26.7 Å². The molecule has 0 fully saturated rings. The van der Waals surface area contributed by atoms with Crippen LogP contribution in [0.15, 0.2) is 9.82 Å². The maximum atomic E-state index is 12.7. The Hall–Kier alpha value is -1.78. The summed E-state index contributed by atoms with van der Waals surface area (Å²) in [6.45, 7) is 9.88. The number of rotatable bonds is 10. The van der Waals surface area contributed by atoms with Gasteiger partial charge < -0.3 is 4.90 Å². The summed E-state index contributed by atoms with van der Waals surface area (Å²) < 4.78 is 1.85. The number of amides is 1. The summed E-state index contributed by atoms with van der Waals surface area (Å²) >= 11 is 2.67. The molecule has 2 aromatic heterocycles. The topological polar surface area (TPSA) is 93.0 Å². The second-order valence-electron chi connectivity index (χ2n) is 6.97. The van der Waals surface area contributed by atoms with Gasteiger partial charge >= 0.3 is 5.69 Å². The van der Waals surface area contributed by atoms with Crippen molar-refractivity contribution in [1.29, 1.82) is 0 Å². The van der Waals surface area contributed by atoms with Crippen molar-refractivity contribution < 1.29 is 4.79 Å². The van der Waals surface area contributed by atoms with E-state index in [9.17, 15) is 9.59 Å². The molecule has 2 heterocycles. The number of nitrogens with zero attached hydrogens (tertiary/aromatic N) is 5. The molecule has 1 amide bonds. The molecule has 0 spiro atoms. The van der Waals surface area contributed by atoms with Crippen molar-refractivity contribution in [2.75, 3.05) is 30.7 Å². The maximum Gasteiger partial charge on any atom is 0.348 e. The minimum Gasteiger partial charge on any atom is -0.304 e. The predicted octanol–water partition coefficient (Wildman–Crippen LogP) is 2.35. The van der Waals surface area contributed by atoms with Crippen LogP contribution < -0.4 is 11.0 Å². The number of carbonyl (C=O) groups is 1. The molecule has 0 bridgehead atoms. The van der Waals surface area contributed by atoms with Gasteiger partial charge in [-0.15, -0.1) is 10.2 Å². The number of aryl methyl sites for hydroxylation is 1. The third-order valence-corrected chi connectivity index (χ3v) is 6.84. The first-order chi connectivity index (χ1) is 14.0. The largest absolute Gasteiger partial charge is 0.348 e. The minimum absolute atomic E-state index is 0.164. The number of thioether (sulfide) groups is 1. The summed E-state index contributed by atoms with van der Waals surface area (Å²) in [5.74, 6) is 0.0341. The molecule has 0 aliphatic heterocycles. The Balaban J connectivity index is 1.64. The van der Waals surface area contributed by atoms with Gasteiger partial charge in [0.1, 0.15) is 10.0 Å². The minimum atomic E-state index is -0.201. The Bertz CT molecular complexity index is 907. The van der Waals surface area contributed by atoms with Crippen molar-refractivity contribution in [3.63, 3.8) is 0 Å². The Labute approximate surface area is 179 Å². The van der Waals surface area contributed by atoms with Gasteiger partial charge in [-0.1, -0.05) is 36.9 Å². The summed E-state index contributed by atoms with van der Waals surface area (Å²) in [4.78, 5) is 31.5. The summed E-state index contributed by atoms with van der Waals surface area (Å²) in [6, 6.07) is 0. The molecule has 0 saturated heterocycles. The van der Waals surface area contributed by atoms with Crippen molar-refractivity contribution in [1.82, 2.24) is 24.6 Å². The van der Waals surface area contributed by atoms with E-state index in [4.69, 9.17) is 0 Å². The average Bonchev–Trinajstić information content (AvgIpc) is 3.34. The maximum absolute atomic E-state index is 12.7. The molecule has 0 radical (unpaired) electrons. The molecule has 0 aromatic carbocycles. The molecule has 158 valence electrons. The number of aromatic nitrogens is 4. The second-order valence-corrected chi connectivity index (χ2v) is 9.12. The lowest BCUT2D eigenvalue weighted by Gasteiger charge is -2.19. The quantitative estimate of drug-likeness (QED) is 0.451. The molecule has 1 aliphatic rings. The number of hydrogen-bond acceptors (Lipinski definition) is 8. The summed E-state index contributed by atoms with van der Waals surface area (Å²) in [6.07, 6.45) is 3.78. The monoisotopic (exact) mass is 436 g/mol. The molecule has 2 aromatic rings. The Kier molecular flexibility index (Phi) is 7.79. The fourth-order valence-electron chi connectivity index (χ4n) is 3.56.